The van der Waals surface area contributed by atoms with Crippen molar-refractivity contribution >= 4 is 27.5 Å². The molecule has 0 aliphatic rings. The summed E-state index contributed by atoms with van der Waals surface area (Å²) in [6, 6.07) is 7.48. The largest absolute Gasteiger partial charge is 0.507 e. The number of phenols is 1. The van der Waals surface area contributed by atoms with E-state index < -0.39 is 5.91 Å². The summed E-state index contributed by atoms with van der Waals surface area (Å²) in [5.74, 6) is -0.555. The Morgan fingerprint density at radius 1 is 1.32 bits per heavy atom. The SMILES string of the molecule is Cn1cc(NC(=O)c2ccc(Br)cc2O)ccc1=O. The molecule has 0 spiro atoms. The van der Waals surface area contributed by atoms with Gasteiger partial charge in [-0.2, -0.15) is 0 Å². The van der Waals surface area contributed by atoms with Crippen LogP contribution in [-0.2, 0) is 7.05 Å². The topological polar surface area (TPSA) is 71.3 Å². The molecule has 19 heavy (non-hydrogen) atoms. The minimum atomic E-state index is -0.441. The van der Waals surface area contributed by atoms with Crippen molar-refractivity contribution in [3.05, 3.63) is 56.9 Å². The number of carbonyl (C=O) groups excluding carboxylic acids is 1. The maximum Gasteiger partial charge on any atom is 0.259 e. The highest BCUT2D eigenvalue weighted by Gasteiger charge is 2.11. The number of aryl methyl sites for hydroxylation is 1. The van der Waals surface area contributed by atoms with Crippen LogP contribution in [0.15, 0.2) is 45.8 Å². The second kappa shape index (κ2) is 5.27. The Hall–Kier alpha value is -2.08. The number of nitrogens with one attached hydrogen (secondary N) is 1. The van der Waals surface area contributed by atoms with Gasteiger partial charge in [0.05, 0.1) is 11.3 Å². The van der Waals surface area contributed by atoms with E-state index in [1.807, 2.05) is 0 Å². The lowest BCUT2D eigenvalue weighted by Crippen LogP contribution is -2.18. The highest BCUT2D eigenvalue weighted by Crippen LogP contribution is 2.23. The molecule has 1 heterocycles. The average Bonchev–Trinajstić information content (AvgIpc) is 2.33. The molecule has 1 aromatic carbocycles. The summed E-state index contributed by atoms with van der Waals surface area (Å²) in [7, 11) is 1.59. The fraction of sp³-hybridized carbons (Fsp3) is 0.0769. The Kier molecular flexibility index (Phi) is 3.71. The molecule has 0 saturated carbocycles. The molecular formula is C13H11BrN2O3. The smallest absolute Gasteiger partial charge is 0.259 e. The number of hydrogen-bond donors (Lipinski definition) is 2. The molecule has 2 N–H and O–H groups in total. The number of hydrogen-bond acceptors (Lipinski definition) is 3. The molecule has 6 heteroatoms. The van der Waals surface area contributed by atoms with E-state index in [9.17, 15) is 14.7 Å². The lowest BCUT2D eigenvalue weighted by Gasteiger charge is -2.08. The summed E-state index contributed by atoms with van der Waals surface area (Å²) in [5, 5.41) is 12.3. The van der Waals surface area contributed by atoms with Crippen molar-refractivity contribution < 1.29 is 9.90 Å². The summed E-state index contributed by atoms with van der Waals surface area (Å²) >= 11 is 3.20. The molecular weight excluding hydrogens is 312 g/mol. The fourth-order valence-electron chi connectivity index (χ4n) is 1.56. The van der Waals surface area contributed by atoms with E-state index in [2.05, 4.69) is 21.2 Å². The van der Waals surface area contributed by atoms with E-state index in [1.165, 1.54) is 35.0 Å². The van der Waals surface area contributed by atoms with Gasteiger partial charge in [-0.15, -0.1) is 0 Å². The molecule has 0 radical (unpaired) electrons. The predicted octanol–water partition coefficient (Wildman–Crippen LogP) is 2.11. The van der Waals surface area contributed by atoms with Gasteiger partial charge in [0.15, 0.2) is 0 Å². The maximum absolute atomic E-state index is 12.0. The fourth-order valence-corrected chi connectivity index (χ4v) is 1.91. The lowest BCUT2D eigenvalue weighted by atomic mass is 10.2. The molecule has 0 bridgehead atoms. The van der Waals surface area contributed by atoms with Crippen molar-refractivity contribution in [3.8, 4) is 5.75 Å². The first kappa shape index (κ1) is 13.4. The zero-order valence-corrected chi connectivity index (χ0v) is 11.6. The van der Waals surface area contributed by atoms with Crippen LogP contribution in [0.4, 0.5) is 5.69 Å². The molecule has 0 saturated heterocycles. The molecule has 1 aromatic heterocycles. The second-order valence-corrected chi connectivity index (χ2v) is 4.90. The second-order valence-electron chi connectivity index (χ2n) is 3.98. The Bertz CT molecular complexity index is 695. The van der Waals surface area contributed by atoms with Gasteiger partial charge in [0.1, 0.15) is 5.75 Å². The van der Waals surface area contributed by atoms with Gasteiger partial charge < -0.3 is 15.0 Å². The molecule has 2 aromatic rings. The van der Waals surface area contributed by atoms with E-state index >= 15 is 0 Å². The molecule has 5 nitrogen and oxygen atoms in total. The Balaban J connectivity index is 2.25. The number of benzene rings is 1. The number of halogens is 1. The Morgan fingerprint density at radius 2 is 2.05 bits per heavy atom. The van der Waals surface area contributed by atoms with Crippen LogP contribution in [0.3, 0.4) is 0 Å². The summed E-state index contributed by atoms with van der Waals surface area (Å²) in [4.78, 5) is 23.2. The van der Waals surface area contributed by atoms with Gasteiger partial charge in [-0.3, -0.25) is 9.59 Å². The third kappa shape index (κ3) is 3.03. The molecule has 0 aliphatic carbocycles. The minimum absolute atomic E-state index is 0.114. The predicted molar refractivity (Wildman–Crippen MR) is 75.4 cm³/mol. The average molecular weight is 323 g/mol. The van der Waals surface area contributed by atoms with Gasteiger partial charge in [-0.05, 0) is 24.3 Å². The van der Waals surface area contributed by atoms with Gasteiger partial charge in [0, 0.05) is 23.8 Å². The van der Waals surface area contributed by atoms with Gasteiger partial charge in [0.25, 0.3) is 5.91 Å². The first-order valence-corrected chi connectivity index (χ1v) is 6.23. The number of amides is 1. The van der Waals surface area contributed by atoms with E-state index in [0.29, 0.717) is 10.2 Å². The van der Waals surface area contributed by atoms with Crippen LogP contribution in [0, 0.1) is 0 Å². The quantitative estimate of drug-likeness (QED) is 0.889. The van der Waals surface area contributed by atoms with Crippen LogP contribution in [-0.4, -0.2) is 15.6 Å². The number of aromatic nitrogens is 1. The van der Waals surface area contributed by atoms with Crippen LogP contribution < -0.4 is 10.9 Å². The number of aromatic hydroxyl groups is 1. The van der Waals surface area contributed by atoms with Gasteiger partial charge >= 0.3 is 0 Å². The molecule has 2 rings (SSSR count). The molecule has 1 amide bonds. The highest BCUT2D eigenvalue weighted by molar-refractivity contribution is 9.10. The molecule has 0 fully saturated rings. The number of rotatable bonds is 2. The number of nitrogens with zero attached hydrogens (tertiary/aromatic N) is 1. The van der Waals surface area contributed by atoms with Crippen LogP contribution >= 0.6 is 15.9 Å². The first-order chi connectivity index (χ1) is 8.97. The highest BCUT2D eigenvalue weighted by atomic mass is 79.9. The molecule has 0 unspecified atom stereocenters. The van der Waals surface area contributed by atoms with Crippen LogP contribution in [0.2, 0.25) is 0 Å². The van der Waals surface area contributed by atoms with Gasteiger partial charge in [-0.1, -0.05) is 15.9 Å². The number of carbonyl (C=O) groups is 1. The number of phenolic OH excluding ortho intramolecular Hbond substituents is 1. The normalized spacial score (nSPS) is 10.2. The first-order valence-electron chi connectivity index (χ1n) is 5.44. The van der Waals surface area contributed by atoms with Crippen LogP contribution in [0.25, 0.3) is 0 Å². The van der Waals surface area contributed by atoms with Crippen molar-refractivity contribution in [2.45, 2.75) is 0 Å². The van der Waals surface area contributed by atoms with Crippen molar-refractivity contribution in [2.75, 3.05) is 5.32 Å². The monoisotopic (exact) mass is 322 g/mol. The third-order valence-corrected chi connectivity index (χ3v) is 3.04. The molecule has 0 aliphatic heterocycles. The van der Waals surface area contributed by atoms with Crippen molar-refractivity contribution in [2.24, 2.45) is 7.05 Å². The number of anilines is 1. The summed E-state index contributed by atoms with van der Waals surface area (Å²) in [6.07, 6.45) is 1.51. The number of pyridine rings is 1. The third-order valence-electron chi connectivity index (χ3n) is 2.55. The standard InChI is InChI=1S/C13H11BrN2O3/c1-16-7-9(3-5-12(16)18)15-13(19)10-4-2-8(14)6-11(10)17/h2-7,17H,1H3,(H,15,19). The van der Waals surface area contributed by atoms with E-state index in [4.69, 9.17) is 0 Å². The Labute approximate surface area is 117 Å². The van der Waals surface area contributed by atoms with Crippen molar-refractivity contribution in [3.63, 3.8) is 0 Å². The van der Waals surface area contributed by atoms with E-state index in [0.717, 1.165) is 0 Å². The maximum atomic E-state index is 12.0. The van der Waals surface area contributed by atoms with Crippen molar-refractivity contribution in [1.29, 1.82) is 0 Å². The van der Waals surface area contributed by atoms with Gasteiger partial charge in [-0.25, -0.2) is 0 Å². The Morgan fingerprint density at radius 3 is 2.68 bits per heavy atom. The van der Waals surface area contributed by atoms with E-state index in [1.54, 1.807) is 13.1 Å². The van der Waals surface area contributed by atoms with Crippen LogP contribution in [0.5, 0.6) is 5.75 Å². The van der Waals surface area contributed by atoms with E-state index in [-0.39, 0.29) is 16.9 Å². The zero-order valence-electron chi connectivity index (χ0n) is 10.1. The molecule has 0 atom stereocenters. The van der Waals surface area contributed by atoms with Crippen LogP contribution in [0.1, 0.15) is 10.4 Å². The molecule has 98 valence electrons. The summed E-state index contributed by atoms with van der Waals surface area (Å²) in [6.45, 7) is 0. The summed E-state index contributed by atoms with van der Waals surface area (Å²) in [5.41, 5.74) is 0.482. The van der Waals surface area contributed by atoms with Crippen molar-refractivity contribution in [1.82, 2.24) is 4.57 Å². The minimum Gasteiger partial charge on any atom is -0.507 e. The lowest BCUT2D eigenvalue weighted by molar-refractivity contribution is 0.102. The zero-order chi connectivity index (χ0) is 14.0. The van der Waals surface area contributed by atoms with Gasteiger partial charge in [0.2, 0.25) is 5.56 Å². The summed E-state index contributed by atoms with van der Waals surface area (Å²) < 4.78 is 2.04.